The van der Waals surface area contributed by atoms with E-state index in [1.54, 1.807) is 30.6 Å². The Hall–Kier alpha value is -2.00. The fraction of sp³-hybridized carbons (Fsp3) is 0.308. The second-order valence-electron chi connectivity index (χ2n) is 4.78. The predicted octanol–water partition coefficient (Wildman–Crippen LogP) is 2.13. The molecule has 0 saturated carbocycles. The first kappa shape index (κ1) is 16.4. The summed E-state index contributed by atoms with van der Waals surface area (Å²) >= 11 is 1.55. The minimum absolute atomic E-state index is 0.268. The minimum Gasteiger partial charge on any atom is -0.374 e. The predicted molar refractivity (Wildman–Crippen MR) is 85.3 cm³/mol. The molecule has 0 atom stereocenters. The molecule has 0 saturated heterocycles. The van der Waals surface area contributed by atoms with Gasteiger partial charge in [0.15, 0.2) is 9.84 Å². The monoisotopic (exact) mass is 341 g/mol. The lowest BCUT2D eigenvalue weighted by molar-refractivity contribution is -0.387. The average molecular weight is 341 g/mol. The highest BCUT2D eigenvalue weighted by molar-refractivity contribution is 7.90. The van der Waals surface area contributed by atoms with E-state index in [9.17, 15) is 18.5 Å². The Bertz CT molecular complexity index is 773. The van der Waals surface area contributed by atoms with Gasteiger partial charge in [-0.1, -0.05) is 0 Å². The van der Waals surface area contributed by atoms with Crippen LogP contribution in [-0.4, -0.2) is 38.2 Å². The van der Waals surface area contributed by atoms with Gasteiger partial charge in [0.2, 0.25) is 0 Å². The van der Waals surface area contributed by atoms with E-state index in [0.29, 0.717) is 12.2 Å². The lowest BCUT2D eigenvalue weighted by Gasteiger charge is -2.19. The number of anilines is 1. The van der Waals surface area contributed by atoms with E-state index in [4.69, 9.17) is 0 Å². The molecule has 0 amide bonds. The molecule has 1 aromatic heterocycles. The lowest BCUT2D eigenvalue weighted by atomic mass is 10.2. The third-order valence-electron chi connectivity index (χ3n) is 3.12. The number of thiazole rings is 1. The van der Waals surface area contributed by atoms with E-state index >= 15 is 0 Å². The van der Waals surface area contributed by atoms with Crippen molar-refractivity contribution in [3.63, 3.8) is 0 Å². The van der Waals surface area contributed by atoms with Crippen LogP contribution in [0.3, 0.4) is 0 Å². The highest BCUT2D eigenvalue weighted by atomic mass is 32.2. The molecule has 2 rings (SSSR count). The van der Waals surface area contributed by atoms with Crippen LogP contribution in [0.1, 0.15) is 5.01 Å². The Balaban J connectivity index is 2.26. The molecule has 9 heteroatoms. The van der Waals surface area contributed by atoms with Gasteiger partial charge in [-0.05, 0) is 12.1 Å². The number of nitro groups is 1. The Morgan fingerprint density at radius 3 is 2.68 bits per heavy atom. The number of hydrogen-bond acceptors (Lipinski definition) is 7. The molecule has 0 unspecified atom stereocenters. The first-order valence-corrected chi connectivity index (χ1v) is 9.14. The van der Waals surface area contributed by atoms with Crippen LogP contribution in [0.5, 0.6) is 0 Å². The molecule has 118 valence electrons. The van der Waals surface area contributed by atoms with E-state index in [0.717, 1.165) is 17.7 Å². The zero-order valence-electron chi connectivity index (χ0n) is 12.1. The number of nitro benzene ring substituents is 1. The van der Waals surface area contributed by atoms with Crippen LogP contribution in [-0.2, 0) is 16.3 Å². The van der Waals surface area contributed by atoms with Crippen LogP contribution in [0.15, 0.2) is 34.7 Å². The van der Waals surface area contributed by atoms with Gasteiger partial charge in [-0.2, -0.15) is 0 Å². The van der Waals surface area contributed by atoms with Crippen molar-refractivity contribution in [2.75, 3.05) is 24.7 Å². The van der Waals surface area contributed by atoms with Crippen molar-refractivity contribution in [3.05, 3.63) is 44.9 Å². The van der Waals surface area contributed by atoms with E-state index in [1.165, 1.54) is 12.1 Å². The zero-order chi connectivity index (χ0) is 16.3. The number of hydrogen-bond donors (Lipinski definition) is 0. The Kier molecular flexibility index (Phi) is 4.77. The molecule has 1 heterocycles. The largest absolute Gasteiger partial charge is 0.374 e. The molecular weight excluding hydrogens is 326 g/mol. The topological polar surface area (TPSA) is 93.4 Å². The molecular formula is C13H15N3O4S2. The van der Waals surface area contributed by atoms with Crippen LogP contribution < -0.4 is 4.90 Å². The smallest absolute Gasteiger partial charge is 0.288 e. The van der Waals surface area contributed by atoms with Gasteiger partial charge < -0.3 is 4.90 Å². The Morgan fingerprint density at radius 1 is 1.41 bits per heavy atom. The quantitative estimate of drug-likeness (QED) is 0.590. The van der Waals surface area contributed by atoms with Gasteiger partial charge in [-0.3, -0.25) is 10.1 Å². The van der Waals surface area contributed by atoms with Gasteiger partial charge in [-0.25, -0.2) is 13.4 Å². The maximum Gasteiger partial charge on any atom is 0.288 e. The van der Waals surface area contributed by atoms with Crippen LogP contribution in [0, 0.1) is 10.1 Å². The van der Waals surface area contributed by atoms with Crippen molar-refractivity contribution in [2.45, 2.75) is 11.3 Å². The summed E-state index contributed by atoms with van der Waals surface area (Å²) in [5.41, 5.74) is 0.210. The third kappa shape index (κ3) is 3.80. The summed E-state index contributed by atoms with van der Waals surface area (Å²) in [6, 6.07) is 4.12. The molecule has 0 radical (unpaired) electrons. The van der Waals surface area contributed by atoms with Crippen molar-refractivity contribution >= 4 is 32.5 Å². The highest BCUT2D eigenvalue weighted by Gasteiger charge is 2.23. The van der Waals surface area contributed by atoms with Crippen molar-refractivity contribution in [1.82, 2.24) is 4.98 Å². The average Bonchev–Trinajstić information content (AvgIpc) is 2.96. The Labute approximate surface area is 132 Å². The molecule has 7 nitrogen and oxygen atoms in total. The summed E-state index contributed by atoms with van der Waals surface area (Å²) < 4.78 is 23.5. The van der Waals surface area contributed by atoms with Crippen molar-refractivity contribution in [1.29, 1.82) is 0 Å². The zero-order valence-corrected chi connectivity index (χ0v) is 13.7. The van der Waals surface area contributed by atoms with E-state index in [2.05, 4.69) is 4.98 Å². The fourth-order valence-electron chi connectivity index (χ4n) is 1.96. The van der Waals surface area contributed by atoms with E-state index in [1.807, 2.05) is 10.3 Å². The maximum atomic E-state index is 11.7. The fourth-order valence-corrected chi connectivity index (χ4v) is 3.42. The number of nitrogens with zero attached hydrogens (tertiary/aromatic N) is 3. The number of rotatable bonds is 6. The molecule has 0 N–H and O–H groups in total. The first-order valence-electron chi connectivity index (χ1n) is 6.37. The van der Waals surface area contributed by atoms with Crippen LogP contribution in [0.25, 0.3) is 0 Å². The van der Waals surface area contributed by atoms with Crippen molar-refractivity contribution < 1.29 is 13.3 Å². The summed E-state index contributed by atoms with van der Waals surface area (Å²) in [6.45, 7) is 0.633. The molecule has 0 fully saturated rings. The molecule has 1 aromatic carbocycles. The van der Waals surface area contributed by atoms with Gasteiger partial charge in [0, 0.05) is 49.6 Å². The SMILES string of the molecule is CN(CCc1nccs1)c1ccc([N+](=O)[O-])c(S(C)(=O)=O)c1. The number of sulfone groups is 1. The second kappa shape index (κ2) is 6.41. The van der Waals surface area contributed by atoms with Gasteiger partial charge >= 0.3 is 0 Å². The van der Waals surface area contributed by atoms with Crippen molar-refractivity contribution in [2.24, 2.45) is 0 Å². The molecule has 0 aliphatic heterocycles. The summed E-state index contributed by atoms with van der Waals surface area (Å²) in [7, 11) is -1.86. The lowest BCUT2D eigenvalue weighted by Crippen LogP contribution is -2.20. The molecule has 2 aromatic rings. The minimum atomic E-state index is -3.67. The molecule has 0 aliphatic rings. The van der Waals surface area contributed by atoms with Crippen LogP contribution >= 0.6 is 11.3 Å². The van der Waals surface area contributed by atoms with Gasteiger partial charge in [0.25, 0.3) is 5.69 Å². The molecule has 0 bridgehead atoms. The van der Waals surface area contributed by atoms with Crippen LogP contribution in [0.2, 0.25) is 0 Å². The Morgan fingerprint density at radius 2 is 2.14 bits per heavy atom. The van der Waals surface area contributed by atoms with Gasteiger partial charge in [-0.15, -0.1) is 11.3 Å². The van der Waals surface area contributed by atoms with Gasteiger partial charge in [0.1, 0.15) is 4.90 Å². The number of benzene rings is 1. The van der Waals surface area contributed by atoms with Gasteiger partial charge in [0.05, 0.1) is 9.93 Å². The maximum absolute atomic E-state index is 11.7. The number of likely N-dealkylation sites (N-methyl/N-ethyl adjacent to an activating group) is 1. The number of aromatic nitrogens is 1. The van der Waals surface area contributed by atoms with Crippen LogP contribution in [0.4, 0.5) is 11.4 Å². The summed E-state index contributed by atoms with van der Waals surface area (Å²) in [5, 5.41) is 13.8. The summed E-state index contributed by atoms with van der Waals surface area (Å²) in [6.07, 6.45) is 3.42. The summed E-state index contributed by atoms with van der Waals surface area (Å²) in [5.74, 6) is 0. The molecule has 0 spiro atoms. The summed E-state index contributed by atoms with van der Waals surface area (Å²) in [4.78, 5) is 16.0. The molecule has 0 aliphatic carbocycles. The van der Waals surface area contributed by atoms with E-state index in [-0.39, 0.29) is 4.90 Å². The van der Waals surface area contributed by atoms with E-state index < -0.39 is 20.4 Å². The normalized spacial score (nSPS) is 11.4. The second-order valence-corrected chi connectivity index (χ2v) is 7.74. The first-order chi connectivity index (χ1) is 10.3. The highest BCUT2D eigenvalue weighted by Crippen LogP contribution is 2.28. The van der Waals surface area contributed by atoms with Crippen molar-refractivity contribution in [3.8, 4) is 0 Å². The standard InChI is InChI=1S/C13H15N3O4S2/c1-15(7-5-13-14-6-8-21-13)10-3-4-11(16(17)18)12(9-10)22(2,19)20/h3-4,6,8-9H,5,7H2,1-2H3. The third-order valence-corrected chi connectivity index (χ3v) is 5.09. The molecule has 22 heavy (non-hydrogen) atoms.